The maximum absolute atomic E-state index is 13.0. The third kappa shape index (κ3) is 3.46. The van der Waals surface area contributed by atoms with Gasteiger partial charge in [-0.15, -0.1) is 0 Å². The number of nitro benzene ring substituents is 1. The van der Waals surface area contributed by atoms with Crippen molar-refractivity contribution in [2.75, 3.05) is 0 Å². The lowest BCUT2D eigenvalue weighted by molar-refractivity contribution is -0.384. The first kappa shape index (κ1) is 18.1. The summed E-state index contributed by atoms with van der Waals surface area (Å²) in [7, 11) is 0. The van der Waals surface area contributed by atoms with Crippen LogP contribution in [0.15, 0.2) is 82.7 Å². The zero-order valence-corrected chi connectivity index (χ0v) is 15.0. The summed E-state index contributed by atoms with van der Waals surface area (Å²) in [5.74, 6) is 0.123. The minimum atomic E-state index is -0.573. The van der Waals surface area contributed by atoms with Crippen LogP contribution in [0.5, 0.6) is 5.75 Å². The van der Waals surface area contributed by atoms with Gasteiger partial charge in [0.2, 0.25) is 0 Å². The average Bonchev–Trinajstić information content (AvgIpc) is 2.74. The van der Waals surface area contributed by atoms with Crippen LogP contribution < -0.4 is 5.56 Å². The summed E-state index contributed by atoms with van der Waals surface area (Å²) in [4.78, 5) is 28.0. The van der Waals surface area contributed by atoms with Crippen molar-refractivity contribution < 1.29 is 10.0 Å². The molecule has 0 spiro atoms. The third-order valence-corrected chi connectivity index (χ3v) is 4.32. The second-order valence-electron chi connectivity index (χ2n) is 6.18. The van der Waals surface area contributed by atoms with Crippen LogP contribution in [0.3, 0.4) is 0 Å². The Kier molecular flexibility index (Phi) is 4.58. The fourth-order valence-electron chi connectivity index (χ4n) is 2.88. The van der Waals surface area contributed by atoms with E-state index in [0.717, 1.165) is 4.68 Å². The lowest BCUT2D eigenvalue weighted by Gasteiger charge is -2.09. The number of hydrogen-bond donors (Lipinski definition) is 1. The molecule has 142 valence electrons. The Bertz CT molecular complexity index is 1310. The van der Waals surface area contributed by atoms with E-state index >= 15 is 0 Å². The molecule has 0 aliphatic carbocycles. The van der Waals surface area contributed by atoms with E-state index in [2.05, 4.69) is 10.1 Å². The van der Waals surface area contributed by atoms with Gasteiger partial charge >= 0.3 is 0 Å². The third-order valence-electron chi connectivity index (χ3n) is 4.32. The van der Waals surface area contributed by atoms with Crippen molar-refractivity contribution >= 4 is 22.8 Å². The number of non-ortho nitro benzene ring substituents is 1. The normalized spacial score (nSPS) is 11.2. The monoisotopic (exact) mass is 386 g/mol. The second-order valence-corrected chi connectivity index (χ2v) is 6.18. The van der Waals surface area contributed by atoms with Crippen molar-refractivity contribution in [1.82, 2.24) is 9.66 Å². The number of aromatic hydroxyl groups is 1. The van der Waals surface area contributed by atoms with E-state index in [1.54, 1.807) is 36.4 Å². The number of phenolic OH excluding ortho intramolecular Hbond substituents is 1. The number of rotatable bonds is 4. The lowest BCUT2D eigenvalue weighted by Crippen LogP contribution is -2.20. The van der Waals surface area contributed by atoms with Crippen molar-refractivity contribution in [1.29, 1.82) is 0 Å². The molecule has 0 saturated carbocycles. The van der Waals surface area contributed by atoms with Crippen LogP contribution in [0.1, 0.15) is 5.56 Å². The van der Waals surface area contributed by atoms with Gasteiger partial charge in [-0.05, 0) is 18.2 Å². The summed E-state index contributed by atoms with van der Waals surface area (Å²) in [6.45, 7) is 0. The van der Waals surface area contributed by atoms with Crippen molar-refractivity contribution in [3.05, 3.63) is 98.8 Å². The van der Waals surface area contributed by atoms with E-state index in [9.17, 15) is 20.0 Å². The van der Waals surface area contributed by atoms with E-state index < -0.39 is 10.5 Å². The average molecular weight is 386 g/mol. The molecule has 0 bridgehead atoms. The van der Waals surface area contributed by atoms with Crippen molar-refractivity contribution in [3.8, 4) is 17.1 Å². The Balaban J connectivity index is 1.92. The highest BCUT2D eigenvalue weighted by atomic mass is 16.6. The Morgan fingerprint density at radius 2 is 1.76 bits per heavy atom. The molecule has 1 aromatic heterocycles. The zero-order chi connectivity index (χ0) is 20.4. The summed E-state index contributed by atoms with van der Waals surface area (Å²) >= 11 is 0. The summed E-state index contributed by atoms with van der Waals surface area (Å²) in [5.41, 5.74) is 0.724. The molecule has 0 amide bonds. The van der Waals surface area contributed by atoms with E-state index in [0.29, 0.717) is 22.3 Å². The standard InChI is InChI=1S/C21H14N4O4/c26-19-11-10-16(25(28)29)12-15(19)13-22-24-20(14-6-2-1-3-7-14)23-18-9-5-4-8-17(18)21(24)27/h1-13,26H. The van der Waals surface area contributed by atoms with Gasteiger partial charge in [-0.1, -0.05) is 42.5 Å². The van der Waals surface area contributed by atoms with Gasteiger partial charge in [-0.3, -0.25) is 14.9 Å². The van der Waals surface area contributed by atoms with Crippen molar-refractivity contribution in [2.45, 2.75) is 0 Å². The maximum atomic E-state index is 13.0. The molecule has 8 heteroatoms. The van der Waals surface area contributed by atoms with Crippen molar-refractivity contribution in [2.24, 2.45) is 5.10 Å². The molecule has 3 aromatic carbocycles. The lowest BCUT2D eigenvalue weighted by atomic mass is 10.2. The quantitative estimate of drug-likeness (QED) is 0.327. The van der Waals surface area contributed by atoms with E-state index in [1.807, 2.05) is 18.2 Å². The summed E-state index contributed by atoms with van der Waals surface area (Å²) in [6.07, 6.45) is 1.20. The highest BCUT2D eigenvalue weighted by Gasteiger charge is 2.13. The predicted molar refractivity (Wildman–Crippen MR) is 109 cm³/mol. The first-order valence-corrected chi connectivity index (χ1v) is 8.63. The molecule has 1 N–H and O–H groups in total. The van der Waals surface area contributed by atoms with Gasteiger partial charge in [0.25, 0.3) is 11.2 Å². The smallest absolute Gasteiger partial charge is 0.282 e. The van der Waals surface area contributed by atoms with Gasteiger partial charge in [-0.25, -0.2) is 4.98 Å². The van der Waals surface area contributed by atoms with E-state index in [4.69, 9.17) is 0 Å². The first-order chi connectivity index (χ1) is 14.0. The van der Waals surface area contributed by atoms with Crippen LogP contribution in [-0.2, 0) is 0 Å². The fraction of sp³-hybridized carbons (Fsp3) is 0. The number of hydrogen-bond acceptors (Lipinski definition) is 6. The van der Waals surface area contributed by atoms with Gasteiger partial charge in [0, 0.05) is 23.3 Å². The number of fused-ring (bicyclic) bond motifs is 1. The summed E-state index contributed by atoms with van der Waals surface area (Å²) in [6, 6.07) is 19.6. The summed E-state index contributed by atoms with van der Waals surface area (Å²) in [5, 5.41) is 25.6. The molecule has 0 aliphatic heterocycles. The number of aromatic nitrogens is 2. The van der Waals surface area contributed by atoms with Gasteiger partial charge in [0.05, 0.1) is 22.0 Å². The molecular weight excluding hydrogens is 372 g/mol. The molecule has 0 radical (unpaired) electrons. The van der Waals surface area contributed by atoms with Crippen LogP contribution in [-0.4, -0.2) is 25.9 Å². The zero-order valence-electron chi connectivity index (χ0n) is 15.0. The number of nitrogens with zero attached hydrogens (tertiary/aromatic N) is 4. The molecule has 0 aliphatic rings. The number of phenols is 1. The molecule has 4 aromatic rings. The van der Waals surface area contributed by atoms with Gasteiger partial charge in [0.15, 0.2) is 5.82 Å². The molecular formula is C21H14N4O4. The van der Waals surface area contributed by atoms with Crippen LogP contribution in [0.2, 0.25) is 0 Å². The van der Waals surface area contributed by atoms with Gasteiger partial charge < -0.3 is 5.11 Å². The first-order valence-electron chi connectivity index (χ1n) is 8.63. The van der Waals surface area contributed by atoms with Gasteiger partial charge in [0.1, 0.15) is 5.75 Å². The molecule has 1 heterocycles. The Morgan fingerprint density at radius 1 is 1.03 bits per heavy atom. The molecule has 0 fully saturated rings. The highest BCUT2D eigenvalue weighted by molar-refractivity contribution is 5.85. The fourth-order valence-corrected chi connectivity index (χ4v) is 2.88. The van der Waals surface area contributed by atoms with Crippen LogP contribution in [0, 0.1) is 10.1 Å². The Morgan fingerprint density at radius 3 is 2.52 bits per heavy atom. The molecule has 0 saturated heterocycles. The molecule has 8 nitrogen and oxygen atoms in total. The van der Waals surface area contributed by atoms with Crippen molar-refractivity contribution in [3.63, 3.8) is 0 Å². The van der Waals surface area contributed by atoms with E-state index in [1.165, 1.54) is 24.4 Å². The summed E-state index contributed by atoms with van der Waals surface area (Å²) < 4.78 is 1.12. The number of nitro groups is 1. The Hall–Kier alpha value is -4.33. The maximum Gasteiger partial charge on any atom is 0.282 e. The minimum Gasteiger partial charge on any atom is -0.507 e. The molecule has 0 unspecified atom stereocenters. The number of para-hydroxylation sites is 1. The predicted octanol–water partition coefficient (Wildman–Crippen LogP) is 3.56. The largest absolute Gasteiger partial charge is 0.507 e. The van der Waals surface area contributed by atoms with Crippen LogP contribution in [0.4, 0.5) is 5.69 Å². The van der Waals surface area contributed by atoms with Gasteiger partial charge in [-0.2, -0.15) is 9.78 Å². The topological polar surface area (TPSA) is 111 Å². The van der Waals surface area contributed by atoms with Crippen LogP contribution >= 0.6 is 0 Å². The Labute approximate surface area is 164 Å². The molecule has 4 rings (SSSR count). The van der Waals surface area contributed by atoms with Crippen LogP contribution in [0.25, 0.3) is 22.3 Å². The second kappa shape index (κ2) is 7.35. The SMILES string of the molecule is O=c1c2ccccc2nc(-c2ccccc2)n1N=Cc1cc([N+](=O)[O-])ccc1O. The number of benzene rings is 3. The minimum absolute atomic E-state index is 0.110. The highest BCUT2D eigenvalue weighted by Crippen LogP contribution is 2.22. The molecule has 0 atom stereocenters. The molecule has 29 heavy (non-hydrogen) atoms. The van der Waals surface area contributed by atoms with E-state index in [-0.39, 0.29) is 17.0 Å².